The summed E-state index contributed by atoms with van der Waals surface area (Å²) in [6.07, 6.45) is 3.05. The summed E-state index contributed by atoms with van der Waals surface area (Å²) < 4.78 is 2.01. The normalized spacial score (nSPS) is 19.0. The molecule has 0 amide bonds. The highest BCUT2D eigenvalue weighted by molar-refractivity contribution is 5.40. The molecule has 0 aromatic carbocycles. The van der Waals surface area contributed by atoms with Crippen molar-refractivity contribution in [1.29, 1.82) is 0 Å². The van der Waals surface area contributed by atoms with Crippen LogP contribution >= 0.6 is 0 Å². The van der Waals surface area contributed by atoms with Gasteiger partial charge in [-0.25, -0.2) is 4.68 Å². The third-order valence-corrected chi connectivity index (χ3v) is 2.25. The number of hydrogen-bond acceptors (Lipinski definition) is 3. The maximum absolute atomic E-state index is 5.83. The SMILES string of the molecule is CC(N)N1CCCn2nccc21. The van der Waals surface area contributed by atoms with Gasteiger partial charge >= 0.3 is 0 Å². The molecule has 1 atom stereocenters. The van der Waals surface area contributed by atoms with Gasteiger partial charge in [0, 0.05) is 19.2 Å². The second-order valence-electron chi connectivity index (χ2n) is 3.20. The molecule has 1 aromatic rings. The molecular formula is C8H14N4. The lowest BCUT2D eigenvalue weighted by atomic mass is 10.3. The smallest absolute Gasteiger partial charge is 0.128 e. The molecule has 2 rings (SSSR count). The number of anilines is 1. The van der Waals surface area contributed by atoms with Crippen LogP contribution in [-0.2, 0) is 6.54 Å². The third kappa shape index (κ3) is 1.08. The van der Waals surface area contributed by atoms with E-state index in [-0.39, 0.29) is 6.17 Å². The van der Waals surface area contributed by atoms with Crippen molar-refractivity contribution >= 4 is 5.82 Å². The first kappa shape index (κ1) is 7.61. The van der Waals surface area contributed by atoms with Crippen molar-refractivity contribution in [3.63, 3.8) is 0 Å². The molecule has 0 saturated heterocycles. The van der Waals surface area contributed by atoms with Gasteiger partial charge in [0.1, 0.15) is 5.82 Å². The van der Waals surface area contributed by atoms with Gasteiger partial charge in [-0.2, -0.15) is 5.10 Å². The van der Waals surface area contributed by atoms with E-state index in [0.29, 0.717) is 0 Å². The number of aromatic nitrogens is 2. The summed E-state index contributed by atoms with van der Waals surface area (Å²) in [4.78, 5) is 2.18. The predicted octanol–water partition coefficient (Wildman–Crippen LogP) is 0.398. The Morgan fingerprint density at radius 2 is 2.42 bits per heavy atom. The fourth-order valence-electron chi connectivity index (χ4n) is 1.66. The molecule has 66 valence electrons. The average Bonchev–Trinajstić information content (AvgIpc) is 2.49. The van der Waals surface area contributed by atoms with Crippen molar-refractivity contribution in [2.75, 3.05) is 11.4 Å². The average molecular weight is 166 g/mol. The number of rotatable bonds is 1. The van der Waals surface area contributed by atoms with E-state index < -0.39 is 0 Å². The highest BCUT2D eigenvalue weighted by Crippen LogP contribution is 2.19. The van der Waals surface area contributed by atoms with Gasteiger partial charge in [-0.1, -0.05) is 0 Å². The number of nitrogens with zero attached hydrogens (tertiary/aromatic N) is 3. The van der Waals surface area contributed by atoms with Crippen LogP contribution in [0.25, 0.3) is 0 Å². The lowest BCUT2D eigenvalue weighted by Gasteiger charge is -2.32. The van der Waals surface area contributed by atoms with Crippen LogP contribution in [0, 0.1) is 0 Å². The Kier molecular flexibility index (Phi) is 1.77. The third-order valence-electron chi connectivity index (χ3n) is 2.25. The minimum Gasteiger partial charge on any atom is -0.342 e. The van der Waals surface area contributed by atoms with Crippen LogP contribution in [0.2, 0.25) is 0 Å². The van der Waals surface area contributed by atoms with E-state index in [0.717, 1.165) is 25.3 Å². The second kappa shape index (κ2) is 2.79. The van der Waals surface area contributed by atoms with Gasteiger partial charge in [0.15, 0.2) is 0 Å². The summed E-state index contributed by atoms with van der Waals surface area (Å²) >= 11 is 0. The molecule has 0 aliphatic carbocycles. The van der Waals surface area contributed by atoms with Gasteiger partial charge in [-0.05, 0) is 13.3 Å². The molecule has 1 aliphatic rings. The molecule has 1 aliphatic heterocycles. The van der Waals surface area contributed by atoms with E-state index in [9.17, 15) is 0 Å². The molecule has 0 fully saturated rings. The van der Waals surface area contributed by atoms with Crippen molar-refractivity contribution in [3.05, 3.63) is 12.3 Å². The maximum atomic E-state index is 5.83. The molecule has 0 bridgehead atoms. The number of nitrogens with two attached hydrogens (primary N) is 1. The summed E-state index contributed by atoms with van der Waals surface area (Å²) in [6, 6.07) is 2.02. The largest absolute Gasteiger partial charge is 0.342 e. The molecule has 1 unspecified atom stereocenters. The lowest BCUT2D eigenvalue weighted by molar-refractivity contribution is 0.489. The molecule has 2 N–H and O–H groups in total. The Bertz CT molecular complexity index is 266. The summed E-state index contributed by atoms with van der Waals surface area (Å²) in [7, 11) is 0. The maximum Gasteiger partial charge on any atom is 0.128 e. The van der Waals surface area contributed by atoms with Crippen molar-refractivity contribution in [2.24, 2.45) is 5.73 Å². The van der Waals surface area contributed by atoms with Crippen molar-refractivity contribution in [2.45, 2.75) is 26.1 Å². The van der Waals surface area contributed by atoms with Gasteiger partial charge in [-0.3, -0.25) is 0 Å². The Balaban J connectivity index is 2.31. The first-order valence-electron chi connectivity index (χ1n) is 4.33. The van der Waals surface area contributed by atoms with E-state index in [4.69, 9.17) is 5.73 Å². The van der Waals surface area contributed by atoms with Gasteiger partial charge in [0.05, 0.1) is 12.4 Å². The van der Waals surface area contributed by atoms with Gasteiger partial charge in [0.2, 0.25) is 0 Å². The van der Waals surface area contributed by atoms with Gasteiger partial charge < -0.3 is 10.6 Å². The van der Waals surface area contributed by atoms with Crippen LogP contribution in [-0.4, -0.2) is 22.5 Å². The van der Waals surface area contributed by atoms with Gasteiger partial charge in [0.25, 0.3) is 0 Å². The van der Waals surface area contributed by atoms with Crippen molar-refractivity contribution in [3.8, 4) is 0 Å². The molecule has 0 radical (unpaired) electrons. The molecule has 2 heterocycles. The molecule has 0 spiro atoms. The Morgan fingerprint density at radius 1 is 1.58 bits per heavy atom. The monoisotopic (exact) mass is 166 g/mol. The second-order valence-corrected chi connectivity index (χ2v) is 3.20. The molecule has 4 heteroatoms. The van der Waals surface area contributed by atoms with Crippen LogP contribution in [0.15, 0.2) is 12.3 Å². The van der Waals surface area contributed by atoms with Crippen molar-refractivity contribution < 1.29 is 0 Å². The number of hydrogen-bond donors (Lipinski definition) is 1. The molecule has 1 aromatic heterocycles. The van der Waals surface area contributed by atoms with Crippen LogP contribution in [0.3, 0.4) is 0 Å². The van der Waals surface area contributed by atoms with E-state index in [1.54, 1.807) is 0 Å². The zero-order valence-corrected chi connectivity index (χ0v) is 7.27. The highest BCUT2D eigenvalue weighted by Gasteiger charge is 2.18. The number of fused-ring (bicyclic) bond motifs is 1. The topological polar surface area (TPSA) is 47.1 Å². The quantitative estimate of drug-likeness (QED) is 0.657. The minimum atomic E-state index is 0.0840. The lowest BCUT2D eigenvalue weighted by Crippen LogP contribution is -2.44. The summed E-state index contributed by atoms with van der Waals surface area (Å²) in [5.41, 5.74) is 5.83. The first-order chi connectivity index (χ1) is 5.79. The summed E-state index contributed by atoms with van der Waals surface area (Å²) in [6.45, 7) is 4.07. The van der Waals surface area contributed by atoms with Crippen LogP contribution in [0.5, 0.6) is 0 Å². The molecule has 0 saturated carbocycles. The van der Waals surface area contributed by atoms with E-state index in [1.807, 2.05) is 23.9 Å². The van der Waals surface area contributed by atoms with E-state index in [2.05, 4.69) is 10.00 Å². The Morgan fingerprint density at radius 3 is 3.17 bits per heavy atom. The van der Waals surface area contributed by atoms with E-state index >= 15 is 0 Å². The standard InChI is InChI=1S/C8H14N4/c1-7(9)11-5-2-6-12-8(11)3-4-10-12/h3-4,7H,2,5-6,9H2,1H3. The van der Waals surface area contributed by atoms with E-state index in [1.165, 1.54) is 0 Å². The highest BCUT2D eigenvalue weighted by atomic mass is 15.4. The molecule has 12 heavy (non-hydrogen) atoms. The van der Waals surface area contributed by atoms with Crippen LogP contribution in [0.4, 0.5) is 5.82 Å². The summed E-state index contributed by atoms with van der Waals surface area (Å²) in [5.74, 6) is 1.15. The predicted molar refractivity (Wildman–Crippen MR) is 47.8 cm³/mol. The fourth-order valence-corrected chi connectivity index (χ4v) is 1.66. The van der Waals surface area contributed by atoms with Crippen molar-refractivity contribution in [1.82, 2.24) is 9.78 Å². The number of aryl methyl sites for hydroxylation is 1. The first-order valence-corrected chi connectivity index (χ1v) is 4.33. The molecule has 4 nitrogen and oxygen atoms in total. The van der Waals surface area contributed by atoms with Gasteiger partial charge in [-0.15, -0.1) is 0 Å². The van der Waals surface area contributed by atoms with Crippen LogP contribution in [0.1, 0.15) is 13.3 Å². The zero-order valence-electron chi connectivity index (χ0n) is 7.27. The summed E-state index contributed by atoms with van der Waals surface area (Å²) in [5, 5.41) is 4.21. The fraction of sp³-hybridized carbons (Fsp3) is 0.625. The van der Waals surface area contributed by atoms with Crippen LogP contribution < -0.4 is 10.6 Å². The molecular weight excluding hydrogens is 152 g/mol. The Labute approximate surface area is 72.0 Å². The zero-order chi connectivity index (χ0) is 8.55. The minimum absolute atomic E-state index is 0.0840. The Hall–Kier alpha value is -1.03.